The Hall–Kier alpha value is -6.96. The molecule has 10 rings (SSSR count). The largest absolute Gasteiger partial charge is 0.310 e. The van der Waals surface area contributed by atoms with Crippen molar-refractivity contribution in [3.8, 4) is 33.4 Å². The second kappa shape index (κ2) is 13.0. The van der Waals surface area contributed by atoms with Gasteiger partial charge >= 0.3 is 0 Å². The minimum absolute atomic E-state index is 1.11. The van der Waals surface area contributed by atoms with E-state index in [4.69, 9.17) is 0 Å². The molecule has 0 heterocycles. The molecule has 248 valence electrons. The fourth-order valence-electron chi connectivity index (χ4n) is 8.03. The minimum Gasteiger partial charge on any atom is -0.310 e. The summed E-state index contributed by atoms with van der Waals surface area (Å²) in [5, 5.41) is 10.0. The number of fused-ring (bicyclic) bond motifs is 6. The van der Waals surface area contributed by atoms with Crippen molar-refractivity contribution >= 4 is 60.2 Å². The quantitative estimate of drug-likeness (QED) is 0.159. The van der Waals surface area contributed by atoms with Crippen LogP contribution in [0.3, 0.4) is 0 Å². The van der Waals surface area contributed by atoms with E-state index in [-0.39, 0.29) is 0 Å². The van der Waals surface area contributed by atoms with Gasteiger partial charge in [-0.3, -0.25) is 0 Å². The predicted octanol–water partition coefficient (Wildman–Crippen LogP) is 14.8. The number of hydrogen-bond donors (Lipinski definition) is 0. The third-order valence-corrected chi connectivity index (χ3v) is 10.6. The van der Waals surface area contributed by atoms with Crippen LogP contribution in [0.15, 0.2) is 212 Å². The third-order valence-electron chi connectivity index (χ3n) is 10.6. The number of hydrogen-bond acceptors (Lipinski definition) is 1. The fourth-order valence-corrected chi connectivity index (χ4v) is 8.03. The summed E-state index contributed by atoms with van der Waals surface area (Å²) in [5.74, 6) is 0. The average Bonchev–Trinajstić information content (AvgIpc) is 3.24. The normalized spacial score (nSPS) is 11.4. The molecule has 1 nitrogen and oxygen atoms in total. The summed E-state index contributed by atoms with van der Waals surface area (Å²) in [4.78, 5) is 2.42. The van der Waals surface area contributed by atoms with Crippen molar-refractivity contribution in [3.63, 3.8) is 0 Å². The Kier molecular flexibility index (Phi) is 7.55. The lowest BCUT2D eigenvalue weighted by atomic mass is 9.95. The van der Waals surface area contributed by atoms with Gasteiger partial charge in [0.25, 0.3) is 0 Å². The van der Waals surface area contributed by atoms with Crippen LogP contribution in [0.5, 0.6) is 0 Å². The van der Waals surface area contributed by atoms with E-state index in [9.17, 15) is 0 Å². The van der Waals surface area contributed by atoms with Crippen molar-refractivity contribution < 1.29 is 0 Å². The van der Waals surface area contributed by atoms with E-state index in [1.165, 1.54) is 76.5 Å². The Morgan fingerprint density at radius 1 is 0.264 bits per heavy atom. The molecule has 0 unspecified atom stereocenters. The highest BCUT2D eigenvalue weighted by molar-refractivity contribution is 6.20. The minimum atomic E-state index is 1.11. The number of rotatable bonds is 6. The van der Waals surface area contributed by atoms with Gasteiger partial charge in [-0.15, -0.1) is 0 Å². The standard InChI is InChI=1S/C52H35N/c1-3-11-36(12-4-1)37-19-21-38(22-20-37)39-27-29-44(30-28-39)53(51-34-33-46(40-13-5-2-6-14-40)49-17-9-10-18-50(49)51)45-31-32-48-43(35-45)26-25-42-24-23-41-15-7-8-16-47(41)52(42)48/h1-35H. The first-order chi connectivity index (χ1) is 26.3. The Morgan fingerprint density at radius 2 is 0.755 bits per heavy atom. The first-order valence-electron chi connectivity index (χ1n) is 18.3. The van der Waals surface area contributed by atoms with Crippen molar-refractivity contribution in [1.29, 1.82) is 0 Å². The van der Waals surface area contributed by atoms with Crippen molar-refractivity contribution in [2.75, 3.05) is 4.90 Å². The molecule has 0 amide bonds. The second-order valence-corrected chi connectivity index (χ2v) is 13.7. The van der Waals surface area contributed by atoms with E-state index in [0.29, 0.717) is 0 Å². The molecule has 0 aliphatic carbocycles. The van der Waals surface area contributed by atoms with Crippen LogP contribution in [0, 0.1) is 0 Å². The lowest BCUT2D eigenvalue weighted by Crippen LogP contribution is -2.10. The molecule has 10 aromatic rings. The summed E-state index contributed by atoms with van der Waals surface area (Å²) in [5.41, 5.74) is 10.7. The van der Waals surface area contributed by atoms with E-state index in [1.54, 1.807) is 0 Å². The zero-order chi connectivity index (χ0) is 35.1. The molecule has 0 aliphatic rings. The maximum absolute atomic E-state index is 2.42. The molecule has 10 aromatic carbocycles. The summed E-state index contributed by atoms with van der Waals surface area (Å²) in [7, 11) is 0. The first-order valence-corrected chi connectivity index (χ1v) is 18.3. The average molecular weight is 674 g/mol. The second-order valence-electron chi connectivity index (χ2n) is 13.7. The molecule has 0 radical (unpaired) electrons. The summed E-state index contributed by atoms with van der Waals surface area (Å²) >= 11 is 0. The fraction of sp³-hybridized carbons (Fsp3) is 0. The van der Waals surface area contributed by atoms with Crippen LogP contribution in [0.2, 0.25) is 0 Å². The molecule has 0 N–H and O–H groups in total. The molecule has 0 spiro atoms. The summed E-state index contributed by atoms with van der Waals surface area (Å²) in [6.45, 7) is 0. The van der Waals surface area contributed by atoms with Gasteiger partial charge in [0, 0.05) is 16.8 Å². The van der Waals surface area contributed by atoms with Crippen LogP contribution in [0.1, 0.15) is 0 Å². The lowest BCUT2D eigenvalue weighted by Gasteiger charge is -2.28. The smallest absolute Gasteiger partial charge is 0.0540 e. The van der Waals surface area contributed by atoms with Gasteiger partial charge in [0.05, 0.1) is 5.69 Å². The Morgan fingerprint density at radius 3 is 1.45 bits per heavy atom. The van der Waals surface area contributed by atoms with Gasteiger partial charge in [-0.05, 0) is 101 Å². The molecule has 0 fully saturated rings. The van der Waals surface area contributed by atoms with Crippen molar-refractivity contribution in [3.05, 3.63) is 212 Å². The van der Waals surface area contributed by atoms with Gasteiger partial charge in [0.15, 0.2) is 0 Å². The van der Waals surface area contributed by atoms with Crippen LogP contribution >= 0.6 is 0 Å². The molecule has 53 heavy (non-hydrogen) atoms. The monoisotopic (exact) mass is 673 g/mol. The van der Waals surface area contributed by atoms with Gasteiger partial charge < -0.3 is 4.90 Å². The summed E-state index contributed by atoms with van der Waals surface area (Å²) < 4.78 is 0. The van der Waals surface area contributed by atoms with Gasteiger partial charge in [-0.25, -0.2) is 0 Å². The van der Waals surface area contributed by atoms with E-state index >= 15 is 0 Å². The highest BCUT2D eigenvalue weighted by Crippen LogP contribution is 2.44. The molecule has 0 saturated heterocycles. The molecule has 0 atom stereocenters. The van der Waals surface area contributed by atoms with Crippen LogP contribution in [0.25, 0.3) is 76.5 Å². The van der Waals surface area contributed by atoms with Crippen molar-refractivity contribution in [2.45, 2.75) is 0 Å². The van der Waals surface area contributed by atoms with E-state index in [0.717, 1.165) is 17.1 Å². The molecule has 0 aromatic heterocycles. The zero-order valence-corrected chi connectivity index (χ0v) is 29.2. The van der Waals surface area contributed by atoms with Crippen LogP contribution < -0.4 is 4.90 Å². The maximum Gasteiger partial charge on any atom is 0.0540 e. The number of nitrogens with zero attached hydrogens (tertiary/aromatic N) is 1. The van der Waals surface area contributed by atoms with Crippen LogP contribution in [0.4, 0.5) is 17.1 Å². The van der Waals surface area contributed by atoms with Crippen molar-refractivity contribution in [2.24, 2.45) is 0 Å². The summed E-state index contributed by atoms with van der Waals surface area (Å²) in [6.07, 6.45) is 0. The molecule has 1 heteroatoms. The first kappa shape index (κ1) is 30.8. The van der Waals surface area contributed by atoms with Crippen molar-refractivity contribution in [1.82, 2.24) is 0 Å². The zero-order valence-electron chi connectivity index (χ0n) is 29.2. The third kappa shape index (κ3) is 5.51. The van der Waals surface area contributed by atoms with Gasteiger partial charge in [0.2, 0.25) is 0 Å². The summed E-state index contributed by atoms with van der Waals surface area (Å²) in [6, 6.07) is 77.2. The number of anilines is 3. The molecule has 0 saturated carbocycles. The Balaban J connectivity index is 1.13. The highest BCUT2D eigenvalue weighted by Gasteiger charge is 2.19. The predicted molar refractivity (Wildman–Crippen MR) is 227 cm³/mol. The van der Waals surface area contributed by atoms with Crippen LogP contribution in [-0.4, -0.2) is 0 Å². The SMILES string of the molecule is c1ccc(-c2ccc(-c3ccc(N(c4ccc5c(ccc6ccc7ccccc7c65)c4)c4ccc(-c5ccccc5)c5ccccc45)cc3)cc2)cc1. The number of benzene rings is 10. The highest BCUT2D eigenvalue weighted by atomic mass is 15.1. The van der Waals surface area contributed by atoms with E-state index < -0.39 is 0 Å². The topological polar surface area (TPSA) is 3.24 Å². The molecule has 0 aliphatic heterocycles. The molecule has 0 bridgehead atoms. The van der Waals surface area contributed by atoms with E-state index in [2.05, 4.69) is 217 Å². The van der Waals surface area contributed by atoms with E-state index in [1.807, 2.05) is 0 Å². The van der Waals surface area contributed by atoms with Gasteiger partial charge in [-0.2, -0.15) is 0 Å². The molecular weight excluding hydrogens is 639 g/mol. The molecular formula is C52H35N. The van der Waals surface area contributed by atoms with Gasteiger partial charge in [0.1, 0.15) is 0 Å². The lowest BCUT2D eigenvalue weighted by molar-refractivity contribution is 1.30. The Labute approximate surface area is 309 Å². The van der Waals surface area contributed by atoms with Crippen LogP contribution in [-0.2, 0) is 0 Å². The maximum atomic E-state index is 2.42. The van der Waals surface area contributed by atoms with Gasteiger partial charge in [-0.1, -0.05) is 182 Å². The Bertz CT molecular complexity index is 2910.